The zero-order valence-corrected chi connectivity index (χ0v) is 16.9. The molecule has 10 heteroatoms. The maximum Gasteiger partial charge on any atom is 0.416 e. The summed E-state index contributed by atoms with van der Waals surface area (Å²) in [5, 5.41) is 11.6. The van der Waals surface area contributed by atoms with Crippen molar-refractivity contribution in [3.05, 3.63) is 70.8 Å². The van der Waals surface area contributed by atoms with Crippen LogP contribution in [-0.4, -0.2) is 25.8 Å². The molecule has 4 rings (SSSR count). The highest BCUT2D eigenvalue weighted by atomic mass is 19.4. The summed E-state index contributed by atoms with van der Waals surface area (Å²) in [5.74, 6) is -0.353. The average molecular weight is 429 g/mol. The average Bonchev–Trinajstić information content (AvgIpc) is 3.30. The highest BCUT2D eigenvalue weighted by molar-refractivity contribution is 5.97. The van der Waals surface area contributed by atoms with E-state index in [2.05, 4.69) is 20.6 Å². The Kier molecular flexibility index (Phi) is 5.00. The van der Waals surface area contributed by atoms with E-state index >= 15 is 0 Å². The SMILES string of the molecule is Cc1noc2ncc(C(=O)NC(C)c3cnn(-c4cccc(C(F)(F)F)c4)c3C)cc12. The van der Waals surface area contributed by atoms with Crippen molar-refractivity contribution in [1.82, 2.24) is 25.2 Å². The molecule has 1 aromatic carbocycles. The molecule has 0 spiro atoms. The summed E-state index contributed by atoms with van der Waals surface area (Å²) in [6.07, 6.45) is -1.51. The molecule has 3 aromatic heterocycles. The Morgan fingerprint density at radius 2 is 1.97 bits per heavy atom. The normalized spacial score (nSPS) is 12.8. The first-order valence-corrected chi connectivity index (χ1v) is 9.40. The first-order chi connectivity index (χ1) is 14.6. The number of carbonyl (C=O) groups excluding carboxylic acids is 1. The van der Waals surface area contributed by atoms with Gasteiger partial charge in [0.05, 0.1) is 40.1 Å². The Morgan fingerprint density at radius 3 is 2.71 bits per heavy atom. The molecule has 0 saturated carbocycles. The molecule has 4 aromatic rings. The number of halogens is 3. The molecule has 3 heterocycles. The Bertz CT molecular complexity index is 1280. The van der Waals surface area contributed by atoms with Crippen LogP contribution in [0.1, 0.15) is 45.8 Å². The molecular weight excluding hydrogens is 411 g/mol. The number of hydrogen-bond donors (Lipinski definition) is 1. The van der Waals surface area contributed by atoms with E-state index in [1.807, 2.05) is 0 Å². The molecular formula is C21H18F3N5O2. The number of amides is 1. The lowest BCUT2D eigenvalue weighted by Crippen LogP contribution is -2.27. The molecule has 160 valence electrons. The molecule has 0 bridgehead atoms. The third kappa shape index (κ3) is 3.88. The van der Waals surface area contributed by atoms with Gasteiger partial charge in [-0.3, -0.25) is 4.79 Å². The van der Waals surface area contributed by atoms with Crippen molar-refractivity contribution < 1.29 is 22.5 Å². The fraction of sp³-hybridized carbons (Fsp3) is 0.238. The molecule has 1 amide bonds. The van der Waals surface area contributed by atoms with Gasteiger partial charge in [-0.1, -0.05) is 11.2 Å². The van der Waals surface area contributed by atoms with Crippen molar-refractivity contribution in [2.24, 2.45) is 0 Å². The van der Waals surface area contributed by atoms with Gasteiger partial charge in [0.1, 0.15) is 0 Å². The quantitative estimate of drug-likeness (QED) is 0.515. The first kappa shape index (κ1) is 20.6. The highest BCUT2D eigenvalue weighted by Gasteiger charge is 2.30. The van der Waals surface area contributed by atoms with Crippen molar-refractivity contribution in [2.45, 2.75) is 33.0 Å². The van der Waals surface area contributed by atoms with Crippen molar-refractivity contribution in [2.75, 3.05) is 0 Å². The number of fused-ring (bicyclic) bond motifs is 1. The summed E-state index contributed by atoms with van der Waals surface area (Å²) >= 11 is 0. The lowest BCUT2D eigenvalue weighted by molar-refractivity contribution is -0.137. The molecule has 0 fully saturated rings. The predicted molar refractivity (Wildman–Crippen MR) is 106 cm³/mol. The fourth-order valence-electron chi connectivity index (χ4n) is 3.35. The number of aromatic nitrogens is 4. The van der Waals surface area contributed by atoms with Crippen LogP contribution in [0.3, 0.4) is 0 Å². The molecule has 31 heavy (non-hydrogen) atoms. The van der Waals surface area contributed by atoms with Crippen molar-refractivity contribution in [1.29, 1.82) is 0 Å². The highest BCUT2D eigenvalue weighted by Crippen LogP contribution is 2.31. The number of nitrogens with one attached hydrogen (secondary N) is 1. The van der Waals surface area contributed by atoms with E-state index < -0.39 is 17.8 Å². The van der Waals surface area contributed by atoms with E-state index in [-0.39, 0.29) is 11.6 Å². The number of carbonyl (C=O) groups is 1. The molecule has 0 aliphatic carbocycles. The van der Waals surface area contributed by atoms with Crippen LogP contribution >= 0.6 is 0 Å². The number of benzene rings is 1. The summed E-state index contributed by atoms with van der Waals surface area (Å²) in [6.45, 7) is 5.26. The van der Waals surface area contributed by atoms with Crippen molar-refractivity contribution >= 4 is 17.0 Å². The summed E-state index contributed by atoms with van der Waals surface area (Å²) in [6, 6.07) is 6.13. The van der Waals surface area contributed by atoms with Crippen LogP contribution in [0.15, 0.2) is 47.2 Å². The van der Waals surface area contributed by atoms with Crippen LogP contribution in [0.5, 0.6) is 0 Å². The number of aryl methyl sites for hydroxylation is 1. The van der Waals surface area contributed by atoms with Gasteiger partial charge in [-0.2, -0.15) is 18.3 Å². The number of hydrogen-bond acceptors (Lipinski definition) is 5. The van der Waals surface area contributed by atoms with Gasteiger partial charge in [-0.25, -0.2) is 9.67 Å². The van der Waals surface area contributed by atoms with Crippen LogP contribution in [0, 0.1) is 13.8 Å². The first-order valence-electron chi connectivity index (χ1n) is 9.40. The van der Waals surface area contributed by atoms with Crippen molar-refractivity contribution in [3.63, 3.8) is 0 Å². The number of pyridine rings is 1. The minimum absolute atomic E-state index is 0.287. The summed E-state index contributed by atoms with van der Waals surface area (Å²) in [7, 11) is 0. The molecule has 7 nitrogen and oxygen atoms in total. The maximum atomic E-state index is 13.0. The standard InChI is InChI=1S/C21H18F3N5O2/c1-11(27-19(30)14-7-17-12(2)28-31-20(17)25-9-14)18-10-26-29(13(18)3)16-6-4-5-15(8-16)21(22,23)24/h4-11H,1-3H3,(H,27,30). The minimum Gasteiger partial charge on any atom is -0.345 e. The van der Waals surface area contributed by atoms with Gasteiger partial charge in [0.25, 0.3) is 11.6 Å². The van der Waals surface area contributed by atoms with Crippen LogP contribution in [0.4, 0.5) is 13.2 Å². The third-order valence-corrected chi connectivity index (χ3v) is 5.05. The lowest BCUT2D eigenvalue weighted by atomic mass is 10.1. The summed E-state index contributed by atoms with van der Waals surface area (Å²) in [5.41, 5.74) is 2.15. The van der Waals surface area contributed by atoms with Gasteiger partial charge in [-0.15, -0.1) is 0 Å². The molecule has 1 unspecified atom stereocenters. The zero-order valence-electron chi connectivity index (χ0n) is 16.9. The topological polar surface area (TPSA) is 85.8 Å². The van der Waals surface area contributed by atoms with Gasteiger partial charge < -0.3 is 9.84 Å². The van der Waals surface area contributed by atoms with Crippen molar-refractivity contribution in [3.8, 4) is 5.69 Å². The van der Waals surface area contributed by atoms with E-state index in [4.69, 9.17) is 4.52 Å². The molecule has 0 radical (unpaired) electrons. The Labute approximate surface area is 174 Å². The predicted octanol–water partition coefficient (Wildman–Crippen LogP) is 4.54. The van der Waals surface area contributed by atoms with Gasteiger partial charge in [-0.05, 0) is 45.0 Å². The molecule has 0 aliphatic rings. The van der Waals surface area contributed by atoms with E-state index in [1.165, 1.54) is 23.1 Å². The molecule has 0 aliphatic heterocycles. The second-order valence-corrected chi connectivity index (χ2v) is 7.19. The largest absolute Gasteiger partial charge is 0.416 e. The number of alkyl halides is 3. The fourth-order valence-corrected chi connectivity index (χ4v) is 3.35. The second kappa shape index (κ2) is 7.53. The smallest absolute Gasteiger partial charge is 0.345 e. The van der Waals surface area contributed by atoms with Crippen LogP contribution < -0.4 is 5.32 Å². The zero-order chi connectivity index (χ0) is 22.3. The lowest BCUT2D eigenvalue weighted by Gasteiger charge is -2.14. The van der Waals surface area contributed by atoms with Gasteiger partial charge in [0.2, 0.25) is 0 Å². The molecule has 1 N–H and O–H groups in total. The van der Waals surface area contributed by atoms with Crippen LogP contribution in [-0.2, 0) is 6.18 Å². The summed E-state index contributed by atoms with van der Waals surface area (Å²) in [4.78, 5) is 16.8. The third-order valence-electron chi connectivity index (χ3n) is 5.05. The van der Waals surface area contributed by atoms with Crippen LogP contribution in [0.25, 0.3) is 16.8 Å². The molecule has 1 atom stereocenters. The van der Waals surface area contributed by atoms with E-state index in [0.717, 1.165) is 12.1 Å². The Hall–Kier alpha value is -3.69. The number of rotatable bonds is 4. The maximum absolute atomic E-state index is 13.0. The van der Waals surface area contributed by atoms with E-state index in [9.17, 15) is 18.0 Å². The van der Waals surface area contributed by atoms with Crippen LogP contribution in [0.2, 0.25) is 0 Å². The summed E-state index contributed by atoms with van der Waals surface area (Å²) < 4.78 is 45.6. The van der Waals surface area contributed by atoms with E-state index in [0.29, 0.717) is 33.6 Å². The monoisotopic (exact) mass is 429 g/mol. The second-order valence-electron chi connectivity index (χ2n) is 7.19. The van der Waals surface area contributed by atoms with Gasteiger partial charge in [0.15, 0.2) is 0 Å². The van der Waals surface area contributed by atoms with Gasteiger partial charge >= 0.3 is 6.18 Å². The molecule has 0 saturated heterocycles. The van der Waals surface area contributed by atoms with Gasteiger partial charge in [0, 0.05) is 17.5 Å². The Morgan fingerprint density at radius 1 is 1.19 bits per heavy atom. The minimum atomic E-state index is -4.45. The number of nitrogens with zero attached hydrogens (tertiary/aromatic N) is 4. The Balaban J connectivity index is 1.57. The van der Waals surface area contributed by atoms with E-state index in [1.54, 1.807) is 32.9 Å².